The number of fused-ring (bicyclic) bond motifs is 1. The Hall–Kier alpha value is -0.0242. The third kappa shape index (κ3) is 1.35. The molecule has 0 N–H and O–H groups in total. The van der Waals surface area contributed by atoms with Crippen molar-refractivity contribution in [3.8, 4) is 0 Å². The third-order valence-electron chi connectivity index (χ3n) is 1.19. The minimum atomic E-state index is -0.112. The zero-order chi connectivity index (χ0) is 6.10. The van der Waals surface area contributed by atoms with E-state index < -0.39 is 0 Å². The summed E-state index contributed by atoms with van der Waals surface area (Å²) in [6, 6.07) is 7.98. The fourth-order valence-electron chi connectivity index (χ4n) is 0.752. The summed E-state index contributed by atoms with van der Waals surface area (Å²) in [6.07, 6.45) is 0. The fraction of sp³-hybridized carbons (Fsp3) is 0. The van der Waals surface area contributed by atoms with E-state index in [2.05, 4.69) is 8.09 Å². The van der Waals surface area contributed by atoms with Crippen LogP contribution in [0.1, 0.15) is 0 Å². The van der Waals surface area contributed by atoms with Crippen LogP contribution in [0.2, 0.25) is 0 Å². The maximum atomic E-state index is 4.23. The Kier molecular flexibility index (Phi) is 2.74. The van der Waals surface area contributed by atoms with E-state index in [1.54, 1.807) is 0 Å². The minimum absolute atomic E-state index is 0. The van der Waals surface area contributed by atoms with E-state index in [-0.39, 0.29) is 34.6 Å². The van der Waals surface area contributed by atoms with Crippen LogP contribution in [0, 0.1) is 0 Å². The van der Waals surface area contributed by atoms with Crippen LogP contribution in [0.3, 0.4) is 0 Å². The van der Waals surface area contributed by atoms with Crippen LogP contribution >= 0.6 is 0 Å². The number of hydrogen-bond acceptors (Lipinski definition) is 1. The molecule has 10 heavy (non-hydrogen) atoms. The zero-order valence-corrected chi connectivity index (χ0v) is 7.53. The van der Waals surface area contributed by atoms with Gasteiger partial charge in [0.1, 0.15) is 0 Å². The summed E-state index contributed by atoms with van der Waals surface area (Å²) >= 11 is -0.112. The van der Waals surface area contributed by atoms with E-state index in [0.717, 1.165) is 11.4 Å². The van der Waals surface area contributed by atoms with Gasteiger partial charge in [-0.1, -0.05) is 0 Å². The summed E-state index contributed by atoms with van der Waals surface area (Å²) in [6.45, 7) is 0. The standard InChI is InChI=1S/C6H4AsN2.Li/c1-2-4-6-5(3-1)8-7-9-6;/h1-4H;/q-1;+1. The van der Waals surface area contributed by atoms with Gasteiger partial charge in [-0.15, -0.1) is 0 Å². The average molecular weight is 186 g/mol. The molecule has 0 fully saturated rings. The van der Waals surface area contributed by atoms with E-state index in [0.29, 0.717) is 0 Å². The predicted octanol–water partition coefficient (Wildman–Crippen LogP) is -0.856. The molecule has 44 valence electrons. The first kappa shape index (κ1) is 8.08. The summed E-state index contributed by atoms with van der Waals surface area (Å²) in [7, 11) is 0. The third-order valence-corrected chi connectivity index (χ3v) is 2.47. The second-order valence-electron chi connectivity index (χ2n) is 1.78. The number of hydrogen-bond donors (Lipinski definition) is 0. The molecule has 0 bridgehead atoms. The first-order valence-electron chi connectivity index (χ1n) is 2.67. The molecule has 0 unspecified atom stereocenters. The van der Waals surface area contributed by atoms with Crippen molar-refractivity contribution < 1.29 is 18.9 Å². The Bertz CT molecular complexity index is 262. The molecular formula is C6H4AsLiN2. The van der Waals surface area contributed by atoms with Gasteiger partial charge in [0, 0.05) is 0 Å². The van der Waals surface area contributed by atoms with Gasteiger partial charge >= 0.3 is 78.4 Å². The first-order chi connectivity index (χ1) is 4.47. The molecule has 4 heteroatoms. The Morgan fingerprint density at radius 1 is 1.30 bits per heavy atom. The van der Waals surface area contributed by atoms with Crippen molar-refractivity contribution in [2.24, 2.45) is 3.86 Å². The molecule has 1 aliphatic heterocycles. The van der Waals surface area contributed by atoms with Gasteiger partial charge in [-0.3, -0.25) is 0 Å². The molecule has 0 aliphatic carbocycles. The molecule has 0 aromatic heterocycles. The van der Waals surface area contributed by atoms with Crippen LogP contribution in [0.5, 0.6) is 0 Å². The van der Waals surface area contributed by atoms with Crippen molar-refractivity contribution in [3.05, 3.63) is 28.5 Å². The second-order valence-corrected chi connectivity index (χ2v) is 2.99. The van der Waals surface area contributed by atoms with Gasteiger partial charge in [0.15, 0.2) is 0 Å². The topological polar surface area (TPSA) is 26.5 Å². The van der Waals surface area contributed by atoms with Crippen molar-refractivity contribution in [1.82, 2.24) is 0 Å². The van der Waals surface area contributed by atoms with Gasteiger partial charge in [-0.05, 0) is 0 Å². The van der Waals surface area contributed by atoms with Crippen LogP contribution in [-0.4, -0.2) is 15.8 Å². The second kappa shape index (κ2) is 3.39. The van der Waals surface area contributed by atoms with Crippen molar-refractivity contribution in [2.45, 2.75) is 0 Å². The van der Waals surface area contributed by atoms with Gasteiger partial charge in [0.2, 0.25) is 0 Å². The zero-order valence-electron chi connectivity index (χ0n) is 5.65. The quantitative estimate of drug-likeness (QED) is 0.471. The summed E-state index contributed by atoms with van der Waals surface area (Å²) in [4.78, 5) is 0. The molecule has 0 amide bonds. The van der Waals surface area contributed by atoms with Crippen LogP contribution in [0.15, 0.2) is 28.1 Å². The van der Waals surface area contributed by atoms with Crippen LogP contribution in [0.4, 0.5) is 11.4 Å². The molecule has 0 saturated carbocycles. The number of rotatable bonds is 0. The maximum absolute atomic E-state index is 4.23. The molecule has 0 radical (unpaired) electrons. The van der Waals surface area contributed by atoms with Gasteiger partial charge in [-0.2, -0.15) is 0 Å². The SMILES string of the molecule is [Li+].c1ccc2c(c1)N=[As][N-]2. The average Bonchev–Trinajstić information content (AvgIpc) is 2.33. The van der Waals surface area contributed by atoms with Crippen LogP contribution in [-0.2, 0) is 0 Å². The molecular weight excluding hydrogens is 182 g/mol. The van der Waals surface area contributed by atoms with E-state index >= 15 is 0 Å². The normalized spacial score (nSPS) is 13.2. The number of benzene rings is 1. The van der Waals surface area contributed by atoms with E-state index in [9.17, 15) is 0 Å². The Morgan fingerprint density at radius 2 is 2.10 bits per heavy atom. The Morgan fingerprint density at radius 3 is 2.90 bits per heavy atom. The molecule has 1 aliphatic rings. The molecule has 2 rings (SSSR count). The Labute approximate surface area is 78.3 Å². The summed E-state index contributed by atoms with van der Waals surface area (Å²) in [5.74, 6) is 0. The fourth-order valence-corrected chi connectivity index (χ4v) is 1.96. The van der Waals surface area contributed by atoms with Crippen molar-refractivity contribution in [2.75, 3.05) is 0 Å². The van der Waals surface area contributed by atoms with Gasteiger partial charge in [0.05, 0.1) is 0 Å². The van der Waals surface area contributed by atoms with Gasteiger partial charge < -0.3 is 0 Å². The van der Waals surface area contributed by atoms with E-state index in [1.807, 2.05) is 24.3 Å². The summed E-state index contributed by atoms with van der Waals surface area (Å²) in [5.41, 5.74) is 2.13. The van der Waals surface area contributed by atoms with E-state index in [4.69, 9.17) is 0 Å². The van der Waals surface area contributed by atoms with Crippen LogP contribution < -0.4 is 18.9 Å². The van der Waals surface area contributed by atoms with Crippen LogP contribution in [0.25, 0.3) is 4.23 Å². The summed E-state index contributed by atoms with van der Waals surface area (Å²) in [5, 5.41) is 0. The van der Waals surface area contributed by atoms with Crippen molar-refractivity contribution in [3.63, 3.8) is 0 Å². The molecule has 0 spiro atoms. The molecule has 0 saturated heterocycles. The monoisotopic (exact) mass is 186 g/mol. The summed E-state index contributed by atoms with van der Waals surface area (Å²) < 4.78 is 8.45. The van der Waals surface area contributed by atoms with Crippen molar-refractivity contribution >= 4 is 27.2 Å². The molecule has 1 heterocycles. The number of nitrogens with zero attached hydrogens (tertiary/aromatic N) is 2. The van der Waals surface area contributed by atoms with Gasteiger partial charge in [0.25, 0.3) is 0 Å². The molecule has 1 aromatic rings. The van der Waals surface area contributed by atoms with Gasteiger partial charge in [-0.25, -0.2) is 0 Å². The Balaban J connectivity index is 0.000000500. The molecule has 1 aromatic carbocycles. The predicted molar refractivity (Wildman–Crippen MR) is 37.3 cm³/mol. The molecule has 0 atom stereocenters. The molecule has 2 nitrogen and oxygen atoms in total. The first-order valence-corrected chi connectivity index (χ1v) is 4.35. The van der Waals surface area contributed by atoms with E-state index in [1.165, 1.54) is 0 Å². The van der Waals surface area contributed by atoms with Crippen molar-refractivity contribution in [1.29, 1.82) is 0 Å².